The molecule has 174 valence electrons. The number of Topliss-reactive ketones (excluding diaryl/α,β-unsaturated/α-hetero) is 2. The maximum Gasteiger partial charge on any atom is 0.332 e. The summed E-state index contributed by atoms with van der Waals surface area (Å²) < 4.78 is 2.00. The smallest absolute Gasteiger partial charge is 0.332 e. The number of hydrogen-bond acceptors (Lipinski definition) is 6. The molecule has 35 heavy (non-hydrogen) atoms. The van der Waals surface area contributed by atoms with Crippen LogP contribution in [0.1, 0.15) is 33.0 Å². The highest BCUT2D eigenvalue weighted by Crippen LogP contribution is 2.42. The Hall–Kier alpha value is -4.72. The molecule has 1 atom stereocenters. The summed E-state index contributed by atoms with van der Waals surface area (Å²) in [5.41, 5.74) is 5.39. The lowest BCUT2D eigenvalue weighted by Gasteiger charge is -2.27. The van der Waals surface area contributed by atoms with Gasteiger partial charge in [-0.15, -0.1) is 0 Å². The van der Waals surface area contributed by atoms with Crippen molar-refractivity contribution >= 4 is 33.9 Å². The van der Waals surface area contributed by atoms with E-state index in [1.54, 1.807) is 24.3 Å². The number of hydrogen-bond donors (Lipinski definition) is 2. The number of carbonyl (C=O) groups is 2. The van der Waals surface area contributed by atoms with Crippen LogP contribution < -0.4 is 17.0 Å². The number of nitrogens with two attached hydrogens (primary N) is 1. The number of allylic oxidation sites excluding steroid dienone is 1. The summed E-state index contributed by atoms with van der Waals surface area (Å²) >= 11 is 0. The molecular formula is C27H21N3O5. The predicted octanol–water partition coefficient (Wildman–Crippen LogP) is 2.69. The highest BCUT2D eigenvalue weighted by Gasteiger charge is 2.40. The Balaban J connectivity index is 1.97. The van der Waals surface area contributed by atoms with E-state index in [0.717, 1.165) is 14.5 Å². The molecule has 0 bridgehead atoms. The lowest BCUT2D eigenvalue weighted by Crippen LogP contribution is -2.42. The van der Waals surface area contributed by atoms with Gasteiger partial charge in [-0.25, -0.2) is 4.79 Å². The summed E-state index contributed by atoms with van der Waals surface area (Å²) in [4.78, 5) is 52.6. The number of nitrogen functional groups attached to an aromatic ring is 1. The molecule has 0 radical (unpaired) electrons. The first kappa shape index (κ1) is 22.1. The molecule has 0 aliphatic heterocycles. The Kier molecular flexibility index (Phi) is 5.02. The molecule has 0 saturated heterocycles. The Labute approximate surface area is 199 Å². The highest BCUT2D eigenvalue weighted by atomic mass is 16.3. The summed E-state index contributed by atoms with van der Waals surface area (Å²) in [7, 11) is 2.73. The molecule has 1 unspecified atom stereocenters. The average Bonchev–Trinajstić information content (AvgIpc) is 2.88. The minimum absolute atomic E-state index is 0.0759. The van der Waals surface area contributed by atoms with Crippen LogP contribution in [-0.4, -0.2) is 25.8 Å². The number of benzene rings is 3. The molecule has 0 spiro atoms. The molecule has 1 aromatic heterocycles. The van der Waals surface area contributed by atoms with E-state index >= 15 is 0 Å². The second-order valence-electron chi connectivity index (χ2n) is 8.47. The fourth-order valence-corrected chi connectivity index (χ4v) is 4.77. The number of aliphatic hydroxyl groups is 1. The maximum atomic E-state index is 13.5. The fourth-order valence-electron chi connectivity index (χ4n) is 4.77. The zero-order valence-electron chi connectivity index (χ0n) is 19.0. The lowest BCUT2D eigenvalue weighted by atomic mass is 9.75. The van der Waals surface area contributed by atoms with E-state index < -0.39 is 34.5 Å². The zero-order valence-corrected chi connectivity index (χ0v) is 19.0. The number of anilines is 1. The van der Waals surface area contributed by atoms with Gasteiger partial charge in [0, 0.05) is 25.2 Å². The van der Waals surface area contributed by atoms with Crippen molar-refractivity contribution in [3.05, 3.63) is 115 Å². The van der Waals surface area contributed by atoms with Gasteiger partial charge in [-0.3, -0.25) is 23.5 Å². The summed E-state index contributed by atoms with van der Waals surface area (Å²) in [5, 5.41) is 12.9. The van der Waals surface area contributed by atoms with E-state index in [4.69, 9.17) is 5.73 Å². The molecule has 1 heterocycles. The molecule has 1 aliphatic rings. The second kappa shape index (κ2) is 7.95. The van der Waals surface area contributed by atoms with E-state index in [0.29, 0.717) is 10.9 Å². The summed E-state index contributed by atoms with van der Waals surface area (Å²) in [6.45, 7) is 0. The molecule has 3 N–H and O–H groups in total. The fraction of sp³-hybridized carbons (Fsp3) is 0.111. The molecule has 3 aromatic carbocycles. The van der Waals surface area contributed by atoms with Gasteiger partial charge in [0.2, 0.25) is 11.6 Å². The van der Waals surface area contributed by atoms with Crippen molar-refractivity contribution in [1.82, 2.24) is 9.13 Å². The van der Waals surface area contributed by atoms with Crippen molar-refractivity contribution < 1.29 is 14.7 Å². The van der Waals surface area contributed by atoms with Gasteiger partial charge >= 0.3 is 5.69 Å². The number of carbonyl (C=O) groups excluding carboxylic acids is 2. The summed E-state index contributed by atoms with van der Waals surface area (Å²) in [5.74, 6) is -3.50. The molecular weight excluding hydrogens is 446 g/mol. The van der Waals surface area contributed by atoms with Crippen LogP contribution in [0, 0.1) is 0 Å². The van der Waals surface area contributed by atoms with Crippen LogP contribution in [0.25, 0.3) is 16.5 Å². The molecule has 1 aliphatic carbocycles. The van der Waals surface area contributed by atoms with Crippen molar-refractivity contribution in [3.63, 3.8) is 0 Å². The summed E-state index contributed by atoms with van der Waals surface area (Å²) in [6.07, 6.45) is 0. The lowest BCUT2D eigenvalue weighted by molar-refractivity contribution is -0.112. The van der Waals surface area contributed by atoms with Gasteiger partial charge in [0.15, 0.2) is 0 Å². The van der Waals surface area contributed by atoms with Crippen LogP contribution in [0.4, 0.5) is 5.82 Å². The Bertz CT molecular complexity index is 1720. The maximum absolute atomic E-state index is 13.5. The number of nitrogens with zero attached hydrogens (tertiary/aromatic N) is 2. The number of aliphatic hydroxyl groups excluding tert-OH is 1. The van der Waals surface area contributed by atoms with E-state index in [1.807, 2.05) is 30.3 Å². The number of fused-ring (bicyclic) bond motifs is 2. The largest absolute Gasteiger partial charge is 0.507 e. The molecule has 0 fully saturated rings. The van der Waals surface area contributed by atoms with Gasteiger partial charge in [0.25, 0.3) is 5.56 Å². The zero-order chi connectivity index (χ0) is 25.0. The van der Waals surface area contributed by atoms with Gasteiger partial charge in [-0.2, -0.15) is 0 Å². The first-order chi connectivity index (χ1) is 16.7. The van der Waals surface area contributed by atoms with Crippen molar-refractivity contribution in [2.75, 3.05) is 5.73 Å². The first-order valence-corrected chi connectivity index (χ1v) is 10.9. The van der Waals surface area contributed by atoms with Crippen LogP contribution in [-0.2, 0) is 18.9 Å². The minimum atomic E-state index is -1.21. The van der Waals surface area contributed by atoms with Crippen molar-refractivity contribution in [2.24, 2.45) is 14.1 Å². The SMILES string of the molecule is Cn1c(N)c(C(C2=C(O)c3ccccc3C(=O)C2=O)c2cccc3ccccc23)c(=O)n(C)c1=O. The van der Waals surface area contributed by atoms with Crippen molar-refractivity contribution in [3.8, 4) is 0 Å². The van der Waals surface area contributed by atoms with E-state index in [9.17, 15) is 24.3 Å². The Morgan fingerprint density at radius 1 is 0.771 bits per heavy atom. The molecule has 8 nitrogen and oxygen atoms in total. The van der Waals surface area contributed by atoms with Crippen LogP contribution in [0.2, 0.25) is 0 Å². The average molecular weight is 467 g/mol. The monoisotopic (exact) mass is 467 g/mol. The molecule has 8 heteroatoms. The Morgan fingerprint density at radius 2 is 1.40 bits per heavy atom. The third-order valence-electron chi connectivity index (χ3n) is 6.59. The van der Waals surface area contributed by atoms with Gasteiger partial charge in [-0.05, 0) is 16.3 Å². The first-order valence-electron chi connectivity index (χ1n) is 10.9. The van der Waals surface area contributed by atoms with Crippen LogP contribution in [0.15, 0.2) is 81.9 Å². The number of aromatic nitrogens is 2. The number of ketones is 2. The predicted molar refractivity (Wildman–Crippen MR) is 132 cm³/mol. The normalized spacial score (nSPS) is 14.3. The van der Waals surface area contributed by atoms with E-state index in [-0.39, 0.29) is 28.1 Å². The van der Waals surface area contributed by atoms with E-state index in [1.165, 1.54) is 26.2 Å². The van der Waals surface area contributed by atoms with Crippen LogP contribution in [0.3, 0.4) is 0 Å². The van der Waals surface area contributed by atoms with E-state index in [2.05, 4.69) is 0 Å². The second-order valence-corrected chi connectivity index (χ2v) is 8.47. The van der Waals surface area contributed by atoms with Gasteiger partial charge < -0.3 is 10.8 Å². The molecule has 0 amide bonds. The van der Waals surface area contributed by atoms with Crippen molar-refractivity contribution in [2.45, 2.75) is 5.92 Å². The summed E-state index contributed by atoms with van der Waals surface area (Å²) in [6, 6.07) is 18.9. The molecule has 4 aromatic rings. The number of rotatable bonds is 3. The third kappa shape index (κ3) is 3.14. The third-order valence-corrected chi connectivity index (χ3v) is 6.59. The van der Waals surface area contributed by atoms with Gasteiger partial charge in [0.05, 0.1) is 17.1 Å². The van der Waals surface area contributed by atoms with Crippen molar-refractivity contribution in [1.29, 1.82) is 0 Å². The van der Waals surface area contributed by atoms with Crippen LogP contribution in [0.5, 0.6) is 0 Å². The highest BCUT2D eigenvalue weighted by molar-refractivity contribution is 6.52. The minimum Gasteiger partial charge on any atom is -0.507 e. The van der Waals surface area contributed by atoms with Gasteiger partial charge in [-0.1, -0.05) is 66.7 Å². The Morgan fingerprint density at radius 3 is 2.14 bits per heavy atom. The standard InChI is InChI=1S/C27H21N3O5/c1-29-25(28)21(26(34)30(2)27(29)35)19(16-13-7-9-14-8-3-4-10-15(14)16)20-22(31)17-11-5-6-12-18(17)23(32)24(20)33/h3-13,19,31H,28H2,1-2H3. The molecule has 5 rings (SSSR count). The molecule has 0 saturated carbocycles. The topological polar surface area (TPSA) is 124 Å². The van der Waals surface area contributed by atoms with Gasteiger partial charge in [0.1, 0.15) is 11.6 Å². The quantitative estimate of drug-likeness (QED) is 0.447. The van der Waals surface area contributed by atoms with Crippen LogP contribution >= 0.6 is 0 Å².